The van der Waals surface area contributed by atoms with Crippen LogP contribution in [0.4, 0.5) is 27.6 Å². The molecule has 8 heteroatoms. The number of nitrogens with zero attached hydrogens (tertiary/aromatic N) is 1. The maximum atomic E-state index is 13.6. The quantitative estimate of drug-likeness (QED) is 0.464. The first-order valence-corrected chi connectivity index (χ1v) is 5.52. The van der Waals surface area contributed by atoms with E-state index in [1.54, 1.807) is 0 Å². The first-order valence-electron chi connectivity index (χ1n) is 5.52. The van der Waals surface area contributed by atoms with Crippen molar-refractivity contribution in [1.29, 1.82) is 0 Å². The summed E-state index contributed by atoms with van der Waals surface area (Å²) in [6, 6.07) is 4.99. The molecule has 2 rings (SSSR count). The highest BCUT2D eigenvalue weighted by molar-refractivity contribution is 5.68. The van der Waals surface area contributed by atoms with Gasteiger partial charge in [-0.3, -0.25) is 10.1 Å². The van der Waals surface area contributed by atoms with Gasteiger partial charge in [0.05, 0.1) is 4.92 Å². The summed E-state index contributed by atoms with van der Waals surface area (Å²) in [5.41, 5.74) is -3.24. The van der Waals surface area contributed by atoms with Crippen LogP contribution in [0.1, 0.15) is 5.56 Å². The Hall–Kier alpha value is -2.51. The number of nitro benzene ring substituents is 1. The van der Waals surface area contributed by atoms with Gasteiger partial charge in [0, 0.05) is 11.6 Å². The first-order chi connectivity index (χ1) is 9.71. The lowest BCUT2D eigenvalue weighted by Gasteiger charge is -2.09. The summed E-state index contributed by atoms with van der Waals surface area (Å²) in [6.45, 7) is 0. The molecule has 0 aromatic heterocycles. The van der Waals surface area contributed by atoms with Crippen molar-refractivity contribution < 1.29 is 26.9 Å². The highest BCUT2D eigenvalue weighted by atomic mass is 19.4. The Balaban J connectivity index is 2.66. The molecule has 3 nitrogen and oxygen atoms in total. The largest absolute Gasteiger partial charge is 0.422 e. The lowest BCUT2D eigenvalue weighted by atomic mass is 10.0. The summed E-state index contributed by atoms with van der Waals surface area (Å²) >= 11 is 0. The Kier molecular flexibility index (Phi) is 3.63. The molecule has 0 bridgehead atoms. The molecule has 0 radical (unpaired) electrons. The molecule has 0 unspecified atom stereocenters. The van der Waals surface area contributed by atoms with Crippen LogP contribution in [0.2, 0.25) is 0 Å². The van der Waals surface area contributed by atoms with Crippen molar-refractivity contribution in [2.24, 2.45) is 0 Å². The number of nitro groups is 1. The molecule has 110 valence electrons. The Morgan fingerprint density at radius 2 is 1.71 bits per heavy atom. The minimum atomic E-state index is -4.92. The van der Waals surface area contributed by atoms with Gasteiger partial charge < -0.3 is 0 Å². The van der Waals surface area contributed by atoms with Gasteiger partial charge in [-0.15, -0.1) is 0 Å². The van der Waals surface area contributed by atoms with E-state index in [4.69, 9.17) is 0 Å². The topological polar surface area (TPSA) is 43.1 Å². The number of rotatable bonds is 2. The molecule has 0 N–H and O–H groups in total. The third kappa shape index (κ3) is 2.83. The number of halogens is 5. The van der Waals surface area contributed by atoms with Crippen LogP contribution in [0, 0.1) is 21.7 Å². The van der Waals surface area contributed by atoms with Gasteiger partial charge in [-0.05, 0) is 17.7 Å². The fourth-order valence-electron chi connectivity index (χ4n) is 1.82. The molecule has 0 fully saturated rings. The van der Waals surface area contributed by atoms with Crippen molar-refractivity contribution in [3.05, 3.63) is 63.7 Å². The lowest BCUT2D eigenvalue weighted by Crippen LogP contribution is -2.09. The SMILES string of the molecule is O=[N+]([O-])c1cc(-c2cccc(F)c2F)ccc1C(F)(F)F. The molecular weight excluding hydrogens is 297 g/mol. The zero-order chi connectivity index (χ0) is 15.8. The fraction of sp³-hybridized carbons (Fsp3) is 0.0769. The molecule has 0 aliphatic rings. The van der Waals surface area contributed by atoms with Gasteiger partial charge in [-0.25, -0.2) is 8.78 Å². The minimum Gasteiger partial charge on any atom is -0.258 e. The van der Waals surface area contributed by atoms with Crippen molar-refractivity contribution in [2.75, 3.05) is 0 Å². The highest BCUT2D eigenvalue weighted by Crippen LogP contribution is 2.38. The van der Waals surface area contributed by atoms with E-state index < -0.39 is 34.0 Å². The lowest BCUT2D eigenvalue weighted by molar-refractivity contribution is -0.388. The van der Waals surface area contributed by atoms with Crippen LogP contribution in [-0.4, -0.2) is 4.92 Å². The summed E-state index contributed by atoms with van der Waals surface area (Å²) in [7, 11) is 0. The third-order valence-electron chi connectivity index (χ3n) is 2.76. The normalized spacial score (nSPS) is 11.5. The van der Waals surface area contributed by atoms with Crippen LogP contribution in [-0.2, 0) is 6.18 Å². The molecular formula is C13H6F5NO2. The Morgan fingerprint density at radius 3 is 2.29 bits per heavy atom. The van der Waals surface area contributed by atoms with Crippen molar-refractivity contribution in [3.8, 4) is 11.1 Å². The van der Waals surface area contributed by atoms with E-state index in [-0.39, 0.29) is 11.1 Å². The van der Waals surface area contributed by atoms with Gasteiger partial charge >= 0.3 is 6.18 Å². The zero-order valence-electron chi connectivity index (χ0n) is 10.1. The number of hydrogen-bond acceptors (Lipinski definition) is 2. The van der Waals surface area contributed by atoms with E-state index in [2.05, 4.69) is 0 Å². The zero-order valence-corrected chi connectivity index (χ0v) is 10.1. The van der Waals surface area contributed by atoms with Crippen molar-refractivity contribution in [1.82, 2.24) is 0 Å². The average Bonchev–Trinajstić information content (AvgIpc) is 2.40. The van der Waals surface area contributed by atoms with Crippen LogP contribution in [0.3, 0.4) is 0 Å². The molecule has 2 aromatic carbocycles. The van der Waals surface area contributed by atoms with Gasteiger partial charge in [0.25, 0.3) is 5.69 Å². The highest BCUT2D eigenvalue weighted by Gasteiger charge is 2.38. The standard InChI is InChI=1S/C13H6F5NO2/c14-10-3-1-2-8(12(10)15)7-4-5-9(13(16,17)18)11(6-7)19(20)21/h1-6H. The van der Waals surface area contributed by atoms with Crippen molar-refractivity contribution in [2.45, 2.75) is 6.18 Å². The van der Waals surface area contributed by atoms with E-state index >= 15 is 0 Å². The molecule has 0 aliphatic heterocycles. The van der Waals surface area contributed by atoms with E-state index in [9.17, 15) is 32.1 Å². The molecule has 0 atom stereocenters. The summed E-state index contributed by atoms with van der Waals surface area (Å²) in [6.07, 6.45) is -4.92. The maximum absolute atomic E-state index is 13.6. The first kappa shape index (κ1) is 14.9. The van der Waals surface area contributed by atoms with Gasteiger partial charge in [-0.2, -0.15) is 13.2 Å². The molecule has 0 saturated carbocycles. The molecule has 0 spiro atoms. The predicted molar refractivity (Wildman–Crippen MR) is 63.5 cm³/mol. The van der Waals surface area contributed by atoms with E-state index in [0.29, 0.717) is 12.1 Å². The monoisotopic (exact) mass is 303 g/mol. The summed E-state index contributed by atoms with van der Waals surface area (Å²) < 4.78 is 64.6. The Morgan fingerprint density at radius 1 is 1.05 bits per heavy atom. The van der Waals surface area contributed by atoms with Crippen LogP contribution in [0.5, 0.6) is 0 Å². The summed E-state index contributed by atoms with van der Waals surface area (Å²) in [5.74, 6) is -2.48. The van der Waals surface area contributed by atoms with Gasteiger partial charge in [-0.1, -0.05) is 18.2 Å². The van der Waals surface area contributed by atoms with Crippen LogP contribution >= 0.6 is 0 Å². The molecule has 0 aliphatic carbocycles. The smallest absolute Gasteiger partial charge is 0.258 e. The minimum absolute atomic E-state index is 0.216. The summed E-state index contributed by atoms with van der Waals surface area (Å²) in [5, 5.41) is 10.7. The molecule has 2 aromatic rings. The Labute approximate surface area is 114 Å². The van der Waals surface area contributed by atoms with Crippen LogP contribution in [0.15, 0.2) is 36.4 Å². The van der Waals surface area contributed by atoms with Crippen molar-refractivity contribution in [3.63, 3.8) is 0 Å². The van der Waals surface area contributed by atoms with E-state index in [0.717, 1.165) is 24.3 Å². The van der Waals surface area contributed by atoms with E-state index in [1.807, 2.05) is 0 Å². The van der Waals surface area contributed by atoms with Crippen LogP contribution in [0.25, 0.3) is 11.1 Å². The van der Waals surface area contributed by atoms with Crippen LogP contribution < -0.4 is 0 Å². The average molecular weight is 303 g/mol. The second kappa shape index (κ2) is 5.12. The maximum Gasteiger partial charge on any atom is 0.422 e. The molecule has 0 heterocycles. The van der Waals surface area contributed by atoms with E-state index in [1.165, 1.54) is 0 Å². The molecule has 0 amide bonds. The number of alkyl halides is 3. The molecule has 0 saturated heterocycles. The van der Waals surface area contributed by atoms with Gasteiger partial charge in [0.15, 0.2) is 11.6 Å². The third-order valence-corrected chi connectivity index (χ3v) is 2.76. The summed E-state index contributed by atoms with van der Waals surface area (Å²) in [4.78, 5) is 9.52. The van der Waals surface area contributed by atoms with Gasteiger partial charge in [0.2, 0.25) is 0 Å². The number of hydrogen-bond donors (Lipinski definition) is 0. The predicted octanol–water partition coefficient (Wildman–Crippen LogP) is 4.56. The molecule has 21 heavy (non-hydrogen) atoms. The number of benzene rings is 2. The van der Waals surface area contributed by atoms with Crippen molar-refractivity contribution >= 4 is 5.69 Å². The Bertz CT molecular complexity index is 712. The van der Waals surface area contributed by atoms with Gasteiger partial charge in [0.1, 0.15) is 5.56 Å². The fourth-order valence-corrected chi connectivity index (χ4v) is 1.82. The second-order valence-corrected chi connectivity index (χ2v) is 4.09. The second-order valence-electron chi connectivity index (χ2n) is 4.09.